The number of fused-ring (bicyclic) bond motifs is 1. The summed E-state index contributed by atoms with van der Waals surface area (Å²) in [7, 11) is 0. The van der Waals surface area contributed by atoms with Crippen LogP contribution in [0.5, 0.6) is 5.75 Å². The van der Waals surface area contributed by atoms with Crippen molar-refractivity contribution in [2.24, 2.45) is 5.92 Å². The van der Waals surface area contributed by atoms with E-state index in [1.54, 1.807) is 12.1 Å². The zero-order valence-corrected chi connectivity index (χ0v) is 13.5. The second-order valence-corrected chi connectivity index (χ2v) is 6.28. The van der Waals surface area contributed by atoms with E-state index in [4.69, 9.17) is 4.74 Å². The first kappa shape index (κ1) is 15.6. The lowest BCUT2D eigenvalue weighted by Crippen LogP contribution is -2.24. The monoisotopic (exact) mass is 312 g/mol. The number of rotatable bonds is 2. The number of aliphatic hydroxyl groups is 1. The summed E-state index contributed by atoms with van der Waals surface area (Å²) in [6.45, 7) is 6.28. The molecule has 0 saturated carbocycles. The summed E-state index contributed by atoms with van der Waals surface area (Å²) in [5.41, 5.74) is 4.66. The SMILES string of the molecule is Cc1cc(C(=O)O)cc(-c2ccc3c(c2C)C(O)[C@H](C)CO3)c1. The van der Waals surface area contributed by atoms with Crippen molar-refractivity contribution in [2.75, 3.05) is 6.61 Å². The molecule has 1 heterocycles. The van der Waals surface area contributed by atoms with Gasteiger partial charge in [-0.1, -0.05) is 19.1 Å². The quantitative estimate of drug-likeness (QED) is 0.886. The van der Waals surface area contributed by atoms with Crippen LogP contribution in [0.4, 0.5) is 0 Å². The molecule has 23 heavy (non-hydrogen) atoms. The van der Waals surface area contributed by atoms with Crippen molar-refractivity contribution in [2.45, 2.75) is 26.9 Å². The van der Waals surface area contributed by atoms with Crippen molar-refractivity contribution in [1.82, 2.24) is 0 Å². The molecule has 1 aliphatic heterocycles. The molecule has 0 aromatic heterocycles. The summed E-state index contributed by atoms with van der Waals surface area (Å²) < 4.78 is 5.71. The van der Waals surface area contributed by atoms with Crippen LogP contribution in [0, 0.1) is 19.8 Å². The van der Waals surface area contributed by atoms with Gasteiger partial charge >= 0.3 is 5.97 Å². The number of carboxylic acid groups (broad SMARTS) is 1. The minimum Gasteiger partial charge on any atom is -0.493 e. The molecule has 0 aliphatic carbocycles. The first-order chi connectivity index (χ1) is 10.9. The molecule has 4 heteroatoms. The molecular weight excluding hydrogens is 292 g/mol. The zero-order valence-electron chi connectivity index (χ0n) is 13.5. The van der Waals surface area contributed by atoms with Crippen molar-refractivity contribution >= 4 is 5.97 Å². The van der Waals surface area contributed by atoms with Gasteiger partial charge in [-0.3, -0.25) is 0 Å². The summed E-state index contributed by atoms with van der Waals surface area (Å²) in [5.74, 6) is -0.200. The number of aliphatic hydroxyl groups excluding tert-OH is 1. The van der Waals surface area contributed by atoms with Crippen molar-refractivity contribution in [3.8, 4) is 16.9 Å². The Morgan fingerprint density at radius 2 is 1.96 bits per heavy atom. The molecule has 0 saturated heterocycles. The number of hydrogen-bond donors (Lipinski definition) is 2. The van der Waals surface area contributed by atoms with Gasteiger partial charge in [-0.15, -0.1) is 0 Å². The first-order valence-electron chi connectivity index (χ1n) is 7.68. The molecule has 3 rings (SSSR count). The molecule has 4 nitrogen and oxygen atoms in total. The molecule has 1 aliphatic rings. The van der Waals surface area contributed by atoms with Gasteiger partial charge in [-0.05, 0) is 54.3 Å². The molecule has 120 valence electrons. The number of carboxylic acids is 1. The molecule has 0 radical (unpaired) electrons. The Labute approximate surface area is 135 Å². The van der Waals surface area contributed by atoms with E-state index in [0.29, 0.717) is 12.4 Å². The van der Waals surface area contributed by atoms with Gasteiger partial charge in [0.15, 0.2) is 0 Å². The normalized spacial score (nSPS) is 19.8. The number of ether oxygens (including phenoxy) is 1. The lowest BCUT2D eigenvalue weighted by Gasteiger charge is -2.30. The third-order valence-electron chi connectivity index (χ3n) is 4.45. The number of benzene rings is 2. The molecule has 2 aromatic rings. The van der Waals surface area contributed by atoms with E-state index in [9.17, 15) is 15.0 Å². The number of aryl methyl sites for hydroxylation is 1. The average Bonchev–Trinajstić information content (AvgIpc) is 2.50. The van der Waals surface area contributed by atoms with E-state index < -0.39 is 12.1 Å². The van der Waals surface area contributed by atoms with Gasteiger partial charge in [0, 0.05) is 11.5 Å². The summed E-state index contributed by atoms with van der Waals surface area (Å²) in [5, 5.41) is 19.8. The summed E-state index contributed by atoms with van der Waals surface area (Å²) in [6, 6.07) is 9.07. The van der Waals surface area contributed by atoms with Crippen LogP contribution < -0.4 is 4.74 Å². The molecule has 2 N–H and O–H groups in total. The Hall–Kier alpha value is -2.33. The number of hydrogen-bond acceptors (Lipinski definition) is 3. The summed E-state index contributed by atoms with van der Waals surface area (Å²) >= 11 is 0. The van der Waals surface area contributed by atoms with Crippen LogP contribution in [0.2, 0.25) is 0 Å². The molecule has 2 atom stereocenters. The van der Waals surface area contributed by atoms with Crippen molar-refractivity contribution in [3.63, 3.8) is 0 Å². The van der Waals surface area contributed by atoms with Gasteiger partial charge in [-0.25, -0.2) is 4.79 Å². The average molecular weight is 312 g/mol. The van der Waals surface area contributed by atoms with Crippen molar-refractivity contribution in [1.29, 1.82) is 0 Å². The number of aromatic carboxylic acids is 1. The molecule has 1 unspecified atom stereocenters. The Morgan fingerprint density at radius 3 is 2.65 bits per heavy atom. The molecule has 0 amide bonds. The summed E-state index contributed by atoms with van der Waals surface area (Å²) in [4.78, 5) is 11.3. The third-order valence-corrected chi connectivity index (χ3v) is 4.45. The van der Waals surface area contributed by atoms with E-state index >= 15 is 0 Å². The van der Waals surface area contributed by atoms with Crippen molar-refractivity contribution in [3.05, 3.63) is 52.6 Å². The Bertz CT molecular complexity index is 779. The Morgan fingerprint density at radius 1 is 1.22 bits per heavy atom. The fraction of sp³-hybridized carbons (Fsp3) is 0.316. The van der Waals surface area contributed by atoms with Crippen LogP contribution in [0.25, 0.3) is 11.1 Å². The van der Waals surface area contributed by atoms with Gasteiger partial charge in [0.05, 0.1) is 18.3 Å². The van der Waals surface area contributed by atoms with E-state index in [1.807, 2.05) is 39.0 Å². The lowest BCUT2D eigenvalue weighted by atomic mass is 9.87. The van der Waals surface area contributed by atoms with Gasteiger partial charge in [0.2, 0.25) is 0 Å². The maximum atomic E-state index is 11.3. The van der Waals surface area contributed by atoms with Gasteiger partial charge in [0.25, 0.3) is 0 Å². The van der Waals surface area contributed by atoms with E-state index in [0.717, 1.165) is 27.8 Å². The molecular formula is C19H20O4. The van der Waals surface area contributed by atoms with Crippen LogP contribution >= 0.6 is 0 Å². The second-order valence-electron chi connectivity index (χ2n) is 6.28. The second kappa shape index (κ2) is 5.70. The predicted molar refractivity (Wildman–Crippen MR) is 87.9 cm³/mol. The predicted octanol–water partition coefficient (Wildman–Crippen LogP) is 3.73. The topological polar surface area (TPSA) is 66.8 Å². The Balaban J connectivity index is 2.17. The van der Waals surface area contributed by atoms with Crippen molar-refractivity contribution < 1.29 is 19.7 Å². The standard InChI is InChI=1S/C19H20O4/c1-10-6-13(8-14(7-10)19(21)22)15-4-5-16-17(12(15)3)18(20)11(2)9-23-16/h4-8,11,18,20H,9H2,1-3H3,(H,21,22)/t11-,18?/m1/s1. The largest absolute Gasteiger partial charge is 0.493 e. The molecule has 0 bridgehead atoms. The fourth-order valence-corrected chi connectivity index (χ4v) is 3.17. The van der Waals surface area contributed by atoms with Gasteiger partial charge in [-0.2, -0.15) is 0 Å². The highest BCUT2D eigenvalue weighted by Crippen LogP contribution is 2.41. The molecule has 0 spiro atoms. The maximum Gasteiger partial charge on any atom is 0.335 e. The van der Waals surface area contributed by atoms with E-state index in [2.05, 4.69) is 0 Å². The highest BCUT2D eigenvalue weighted by atomic mass is 16.5. The van der Waals surface area contributed by atoms with E-state index in [1.165, 1.54) is 0 Å². The van der Waals surface area contributed by atoms with Crippen LogP contribution in [-0.4, -0.2) is 22.8 Å². The first-order valence-corrected chi connectivity index (χ1v) is 7.68. The van der Waals surface area contributed by atoms with Gasteiger partial charge in [0.1, 0.15) is 5.75 Å². The van der Waals surface area contributed by atoms with Crippen LogP contribution in [0.3, 0.4) is 0 Å². The minimum atomic E-state index is -0.942. The smallest absolute Gasteiger partial charge is 0.335 e. The van der Waals surface area contributed by atoms with Crippen LogP contribution in [0.15, 0.2) is 30.3 Å². The molecule has 2 aromatic carbocycles. The Kier molecular flexibility index (Phi) is 3.86. The van der Waals surface area contributed by atoms with Crippen LogP contribution in [-0.2, 0) is 0 Å². The third kappa shape index (κ3) is 2.70. The minimum absolute atomic E-state index is 0.0311. The highest BCUT2D eigenvalue weighted by Gasteiger charge is 2.28. The van der Waals surface area contributed by atoms with E-state index in [-0.39, 0.29) is 11.5 Å². The van der Waals surface area contributed by atoms with Crippen LogP contribution in [0.1, 0.15) is 40.1 Å². The summed E-state index contributed by atoms with van der Waals surface area (Å²) in [6.07, 6.45) is -0.567. The lowest BCUT2D eigenvalue weighted by molar-refractivity contribution is 0.0598. The maximum absolute atomic E-state index is 11.3. The van der Waals surface area contributed by atoms with Gasteiger partial charge < -0.3 is 14.9 Å². The fourth-order valence-electron chi connectivity index (χ4n) is 3.17. The zero-order chi connectivity index (χ0) is 16.7. The highest BCUT2D eigenvalue weighted by molar-refractivity contribution is 5.90. The number of carbonyl (C=O) groups is 1. The molecule has 0 fully saturated rings.